The number of likely N-dealkylation sites (tertiary alicyclic amines) is 1. The average Bonchev–Trinajstić information content (AvgIpc) is 2.71. The van der Waals surface area contributed by atoms with Gasteiger partial charge in [-0.1, -0.05) is 18.2 Å². The normalized spacial score (nSPS) is 14.8. The molecule has 2 aromatic carbocycles. The number of rotatable bonds is 5. The van der Waals surface area contributed by atoms with Crippen molar-refractivity contribution in [2.45, 2.75) is 33.1 Å². The van der Waals surface area contributed by atoms with Crippen LogP contribution in [0.2, 0.25) is 0 Å². The van der Waals surface area contributed by atoms with E-state index in [9.17, 15) is 14.0 Å². The van der Waals surface area contributed by atoms with Crippen LogP contribution >= 0.6 is 0 Å². The molecule has 1 saturated heterocycles. The number of halogens is 1. The number of nitrogens with zero attached hydrogens (tertiary/aromatic N) is 1. The molecule has 1 aliphatic heterocycles. The quantitative estimate of drug-likeness (QED) is 0.858. The van der Waals surface area contributed by atoms with Crippen molar-refractivity contribution in [3.05, 3.63) is 70.5 Å². The first-order chi connectivity index (χ1) is 13.4. The van der Waals surface area contributed by atoms with Crippen molar-refractivity contribution in [3.63, 3.8) is 0 Å². The number of hydrogen-bond acceptors (Lipinski definition) is 2. The highest BCUT2D eigenvalue weighted by atomic mass is 19.1. The van der Waals surface area contributed by atoms with E-state index in [-0.39, 0.29) is 23.5 Å². The van der Waals surface area contributed by atoms with Gasteiger partial charge in [0.25, 0.3) is 5.91 Å². The Labute approximate surface area is 165 Å². The predicted molar refractivity (Wildman–Crippen MR) is 108 cm³/mol. The predicted octanol–water partition coefficient (Wildman–Crippen LogP) is 3.65. The second-order valence-corrected chi connectivity index (χ2v) is 7.53. The number of benzene rings is 2. The molecule has 2 aromatic rings. The summed E-state index contributed by atoms with van der Waals surface area (Å²) in [6, 6.07) is 12.1. The van der Waals surface area contributed by atoms with E-state index >= 15 is 0 Å². The lowest BCUT2D eigenvalue weighted by Gasteiger charge is -2.31. The molecule has 1 fully saturated rings. The SMILES string of the molecule is Cc1ccc(C(=O)N2CCC(C(=O)NCCc3ccc(F)cc3)CC2)cc1C. The molecule has 0 spiro atoms. The number of piperidine rings is 1. The number of amides is 2. The maximum Gasteiger partial charge on any atom is 0.253 e. The number of carbonyl (C=O) groups is 2. The number of nitrogens with one attached hydrogen (secondary N) is 1. The Kier molecular flexibility index (Phi) is 6.45. The topological polar surface area (TPSA) is 49.4 Å². The number of hydrogen-bond donors (Lipinski definition) is 1. The molecule has 28 heavy (non-hydrogen) atoms. The molecule has 2 amide bonds. The van der Waals surface area contributed by atoms with Gasteiger partial charge < -0.3 is 10.2 Å². The highest BCUT2D eigenvalue weighted by Gasteiger charge is 2.27. The summed E-state index contributed by atoms with van der Waals surface area (Å²) < 4.78 is 12.9. The fourth-order valence-corrected chi connectivity index (χ4v) is 3.53. The zero-order valence-electron chi connectivity index (χ0n) is 16.5. The zero-order chi connectivity index (χ0) is 20.1. The summed E-state index contributed by atoms with van der Waals surface area (Å²) in [5, 5.41) is 2.97. The maximum absolute atomic E-state index is 12.9. The van der Waals surface area contributed by atoms with Crippen molar-refractivity contribution in [3.8, 4) is 0 Å². The first-order valence-electron chi connectivity index (χ1n) is 9.82. The minimum absolute atomic E-state index is 0.0401. The maximum atomic E-state index is 12.9. The van der Waals surface area contributed by atoms with Crippen molar-refractivity contribution >= 4 is 11.8 Å². The lowest BCUT2D eigenvalue weighted by molar-refractivity contribution is -0.126. The number of aryl methyl sites for hydroxylation is 2. The van der Waals surface area contributed by atoms with Gasteiger partial charge in [0.1, 0.15) is 5.82 Å². The van der Waals surface area contributed by atoms with Crippen LogP contribution in [0, 0.1) is 25.6 Å². The van der Waals surface area contributed by atoms with Crippen LogP contribution in [0.25, 0.3) is 0 Å². The van der Waals surface area contributed by atoms with Crippen LogP contribution in [-0.2, 0) is 11.2 Å². The molecule has 1 heterocycles. The molecule has 0 unspecified atom stereocenters. The second kappa shape index (κ2) is 9.00. The molecule has 0 radical (unpaired) electrons. The van der Waals surface area contributed by atoms with Crippen LogP contribution in [-0.4, -0.2) is 36.3 Å². The van der Waals surface area contributed by atoms with Crippen LogP contribution in [0.15, 0.2) is 42.5 Å². The summed E-state index contributed by atoms with van der Waals surface area (Å²) in [6.45, 7) is 5.77. The summed E-state index contributed by atoms with van der Waals surface area (Å²) in [4.78, 5) is 26.9. The van der Waals surface area contributed by atoms with Gasteiger partial charge in [0, 0.05) is 31.1 Å². The molecule has 4 nitrogen and oxygen atoms in total. The average molecular weight is 382 g/mol. The number of carbonyl (C=O) groups excluding carboxylic acids is 2. The third kappa shape index (κ3) is 4.97. The molecule has 0 aliphatic carbocycles. The van der Waals surface area contributed by atoms with E-state index in [1.165, 1.54) is 17.7 Å². The van der Waals surface area contributed by atoms with Crippen LogP contribution in [0.1, 0.15) is 39.9 Å². The van der Waals surface area contributed by atoms with Crippen LogP contribution < -0.4 is 5.32 Å². The van der Waals surface area contributed by atoms with Gasteiger partial charge in [-0.05, 0) is 74.1 Å². The Morgan fingerprint density at radius 1 is 1.04 bits per heavy atom. The van der Waals surface area contributed by atoms with E-state index < -0.39 is 0 Å². The summed E-state index contributed by atoms with van der Waals surface area (Å²) in [5.74, 6) is -0.231. The molecule has 148 valence electrons. The van der Waals surface area contributed by atoms with Crippen molar-refractivity contribution in [2.75, 3.05) is 19.6 Å². The summed E-state index contributed by atoms with van der Waals surface area (Å²) in [7, 11) is 0. The van der Waals surface area contributed by atoms with Crippen molar-refractivity contribution in [1.82, 2.24) is 10.2 Å². The molecule has 0 atom stereocenters. The Hall–Kier alpha value is -2.69. The third-order valence-corrected chi connectivity index (χ3v) is 5.53. The van der Waals surface area contributed by atoms with E-state index in [1.807, 2.05) is 36.9 Å². The largest absolute Gasteiger partial charge is 0.356 e. The Bertz CT molecular complexity index is 840. The van der Waals surface area contributed by atoms with Crippen molar-refractivity contribution in [2.24, 2.45) is 5.92 Å². The van der Waals surface area contributed by atoms with E-state index in [4.69, 9.17) is 0 Å². The summed E-state index contributed by atoms with van der Waals surface area (Å²) in [6.07, 6.45) is 2.04. The van der Waals surface area contributed by atoms with E-state index in [2.05, 4.69) is 5.32 Å². The van der Waals surface area contributed by atoms with E-state index in [0.717, 1.165) is 11.1 Å². The minimum Gasteiger partial charge on any atom is -0.356 e. The molecule has 0 aromatic heterocycles. The van der Waals surface area contributed by atoms with Gasteiger partial charge in [0.05, 0.1) is 0 Å². The molecule has 0 bridgehead atoms. The van der Waals surface area contributed by atoms with Crippen LogP contribution in [0.4, 0.5) is 4.39 Å². The van der Waals surface area contributed by atoms with E-state index in [1.54, 1.807) is 12.1 Å². The Morgan fingerprint density at radius 3 is 2.36 bits per heavy atom. The van der Waals surface area contributed by atoms with Crippen molar-refractivity contribution in [1.29, 1.82) is 0 Å². The first-order valence-corrected chi connectivity index (χ1v) is 9.82. The Balaban J connectivity index is 1.45. The molecule has 3 rings (SSSR count). The van der Waals surface area contributed by atoms with Crippen LogP contribution in [0.3, 0.4) is 0 Å². The third-order valence-electron chi connectivity index (χ3n) is 5.53. The van der Waals surface area contributed by atoms with Gasteiger partial charge in [-0.2, -0.15) is 0 Å². The summed E-state index contributed by atoms with van der Waals surface area (Å²) in [5.41, 5.74) is 4.00. The van der Waals surface area contributed by atoms with Crippen LogP contribution in [0.5, 0.6) is 0 Å². The lowest BCUT2D eigenvalue weighted by Crippen LogP contribution is -2.43. The molecule has 1 aliphatic rings. The molecule has 5 heteroatoms. The molecular weight excluding hydrogens is 355 g/mol. The lowest BCUT2D eigenvalue weighted by atomic mass is 9.95. The zero-order valence-corrected chi connectivity index (χ0v) is 16.5. The monoisotopic (exact) mass is 382 g/mol. The van der Waals surface area contributed by atoms with Gasteiger partial charge in [0.15, 0.2) is 0 Å². The first kappa shape index (κ1) is 20.1. The Morgan fingerprint density at radius 2 is 1.71 bits per heavy atom. The molecular formula is C23H27FN2O2. The molecule has 0 saturated carbocycles. The van der Waals surface area contributed by atoms with Gasteiger partial charge in [-0.25, -0.2) is 4.39 Å². The fourth-order valence-electron chi connectivity index (χ4n) is 3.53. The van der Waals surface area contributed by atoms with Gasteiger partial charge >= 0.3 is 0 Å². The highest BCUT2D eigenvalue weighted by Crippen LogP contribution is 2.20. The second-order valence-electron chi connectivity index (χ2n) is 7.53. The van der Waals surface area contributed by atoms with Crippen molar-refractivity contribution < 1.29 is 14.0 Å². The van der Waals surface area contributed by atoms with E-state index in [0.29, 0.717) is 44.5 Å². The molecule has 1 N–H and O–H groups in total. The van der Waals surface area contributed by atoms with Gasteiger partial charge in [-0.3, -0.25) is 9.59 Å². The minimum atomic E-state index is -0.255. The highest BCUT2D eigenvalue weighted by molar-refractivity contribution is 5.94. The smallest absolute Gasteiger partial charge is 0.253 e. The van der Waals surface area contributed by atoms with Gasteiger partial charge in [0.2, 0.25) is 5.91 Å². The van der Waals surface area contributed by atoms with Gasteiger partial charge in [-0.15, -0.1) is 0 Å². The fraction of sp³-hybridized carbons (Fsp3) is 0.391. The summed E-state index contributed by atoms with van der Waals surface area (Å²) >= 11 is 0. The standard InChI is InChI=1S/C23H27FN2O2/c1-16-3-6-20(15-17(16)2)23(28)26-13-10-19(11-14-26)22(27)25-12-9-18-4-7-21(24)8-5-18/h3-8,15,19H,9-14H2,1-2H3,(H,25,27).